The molecule has 7 nitrogen and oxygen atoms in total. The van der Waals surface area contributed by atoms with Crippen molar-refractivity contribution in [3.05, 3.63) is 28.9 Å². The van der Waals surface area contributed by atoms with Crippen molar-refractivity contribution in [1.29, 1.82) is 0 Å². The molecule has 0 saturated carbocycles. The van der Waals surface area contributed by atoms with Crippen LogP contribution in [-0.4, -0.2) is 57.0 Å². The molecule has 0 aromatic carbocycles. The molecule has 2 fully saturated rings. The van der Waals surface area contributed by atoms with Gasteiger partial charge < -0.3 is 13.7 Å². The first-order valence-electron chi connectivity index (χ1n) is 10.1. The lowest BCUT2D eigenvalue weighted by Gasteiger charge is -2.14. The third kappa shape index (κ3) is 4.50. The molecule has 4 rings (SSSR count). The second-order valence-corrected chi connectivity index (χ2v) is 8.61. The zero-order valence-corrected chi connectivity index (χ0v) is 17.5. The van der Waals surface area contributed by atoms with Gasteiger partial charge in [-0.2, -0.15) is 0 Å². The Morgan fingerprint density at radius 2 is 2.07 bits per heavy atom. The van der Waals surface area contributed by atoms with E-state index >= 15 is 0 Å². The highest BCUT2D eigenvalue weighted by atomic mass is 32.2. The van der Waals surface area contributed by atoms with Gasteiger partial charge in [0, 0.05) is 30.1 Å². The Balaban J connectivity index is 1.34. The number of hydrogen-bond acceptors (Lipinski definition) is 7. The van der Waals surface area contributed by atoms with Crippen LogP contribution in [0.3, 0.4) is 0 Å². The molecule has 0 N–H and O–H groups in total. The summed E-state index contributed by atoms with van der Waals surface area (Å²) < 4.78 is 13.7. The molecular weight excluding hydrogens is 376 g/mol. The Morgan fingerprint density at radius 3 is 2.82 bits per heavy atom. The number of Topliss-reactive ketones (excluding diaryl/α,β-unsaturated/α-hetero) is 1. The van der Waals surface area contributed by atoms with Crippen LogP contribution in [0.1, 0.15) is 53.3 Å². The Kier molecular flexibility index (Phi) is 6.18. The first-order valence-corrected chi connectivity index (χ1v) is 11.1. The third-order valence-corrected chi connectivity index (χ3v) is 6.44. The van der Waals surface area contributed by atoms with Crippen molar-refractivity contribution in [1.82, 2.24) is 19.7 Å². The van der Waals surface area contributed by atoms with Gasteiger partial charge in [0.2, 0.25) is 5.89 Å². The Hall–Kier alpha value is -1.64. The highest BCUT2D eigenvalue weighted by molar-refractivity contribution is 7.99. The van der Waals surface area contributed by atoms with Gasteiger partial charge in [-0.05, 0) is 58.7 Å². The quantitative estimate of drug-likeness (QED) is 0.494. The van der Waals surface area contributed by atoms with Gasteiger partial charge in [-0.15, -0.1) is 10.2 Å². The first-order chi connectivity index (χ1) is 13.6. The van der Waals surface area contributed by atoms with Crippen molar-refractivity contribution < 1.29 is 13.9 Å². The molecular formula is C20H28N4O3S. The van der Waals surface area contributed by atoms with Gasteiger partial charge in [-0.1, -0.05) is 11.8 Å². The van der Waals surface area contributed by atoms with E-state index in [1.54, 1.807) is 0 Å². The molecule has 8 heteroatoms. The van der Waals surface area contributed by atoms with Gasteiger partial charge in [-0.25, -0.2) is 0 Å². The minimum atomic E-state index is 0.0935. The third-order valence-electron chi connectivity index (χ3n) is 5.62. The summed E-state index contributed by atoms with van der Waals surface area (Å²) in [5.74, 6) is 1.03. The number of ketones is 1. The van der Waals surface area contributed by atoms with E-state index in [-0.39, 0.29) is 11.9 Å². The van der Waals surface area contributed by atoms with Crippen LogP contribution in [-0.2, 0) is 17.8 Å². The molecule has 0 radical (unpaired) electrons. The molecule has 28 heavy (non-hydrogen) atoms. The highest BCUT2D eigenvalue weighted by Gasteiger charge is 2.22. The number of aromatic nitrogens is 3. The molecule has 0 bridgehead atoms. The molecule has 0 spiro atoms. The van der Waals surface area contributed by atoms with Crippen molar-refractivity contribution in [2.75, 3.05) is 25.4 Å². The van der Waals surface area contributed by atoms with Crippen molar-refractivity contribution in [3.8, 4) is 0 Å². The van der Waals surface area contributed by atoms with E-state index in [4.69, 9.17) is 9.15 Å². The zero-order chi connectivity index (χ0) is 19.5. The smallest absolute Gasteiger partial charge is 0.277 e. The maximum absolute atomic E-state index is 12.8. The number of carbonyl (C=O) groups excluding carboxylic acids is 1. The minimum absolute atomic E-state index is 0.0935. The molecule has 4 heterocycles. The number of carbonyl (C=O) groups is 1. The molecule has 2 aliphatic heterocycles. The summed E-state index contributed by atoms with van der Waals surface area (Å²) in [6, 6.07) is 1.99. The molecule has 152 valence electrons. The fourth-order valence-corrected chi connectivity index (χ4v) is 4.72. The van der Waals surface area contributed by atoms with Crippen molar-refractivity contribution in [2.45, 2.75) is 63.9 Å². The molecule has 2 aliphatic rings. The van der Waals surface area contributed by atoms with Crippen LogP contribution in [0.4, 0.5) is 0 Å². The monoisotopic (exact) mass is 404 g/mol. The van der Waals surface area contributed by atoms with Gasteiger partial charge in [0.1, 0.15) is 0 Å². The van der Waals surface area contributed by atoms with Gasteiger partial charge in [-0.3, -0.25) is 9.69 Å². The second-order valence-electron chi connectivity index (χ2n) is 7.69. The van der Waals surface area contributed by atoms with Crippen LogP contribution < -0.4 is 0 Å². The van der Waals surface area contributed by atoms with E-state index in [1.807, 2.05) is 13.0 Å². The maximum atomic E-state index is 12.8. The largest absolute Gasteiger partial charge is 0.415 e. The summed E-state index contributed by atoms with van der Waals surface area (Å²) in [6.07, 6.45) is 4.93. The molecule has 1 atom stereocenters. The summed E-state index contributed by atoms with van der Waals surface area (Å²) in [4.78, 5) is 15.1. The van der Waals surface area contributed by atoms with Crippen molar-refractivity contribution in [3.63, 3.8) is 0 Å². The Bertz CT molecular complexity index is 820. The number of hydrogen-bond donors (Lipinski definition) is 0. The predicted molar refractivity (Wildman–Crippen MR) is 107 cm³/mol. The molecule has 2 saturated heterocycles. The van der Waals surface area contributed by atoms with Gasteiger partial charge >= 0.3 is 0 Å². The van der Waals surface area contributed by atoms with Crippen molar-refractivity contribution >= 4 is 17.5 Å². The summed E-state index contributed by atoms with van der Waals surface area (Å²) in [7, 11) is 0. The van der Waals surface area contributed by atoms with Crippen LogP contribution in [0.2, 0.25) is 0 Å². The first kappa shape index (κ1) is 19.7. The lowest BCUT2D eigenvalue weighted by molar-refractivity contribution is 0.0957. The lowest BCUT2D eigenvalue weighted by Crippen LogP contribution is -2.18. The zero-order valence-electron chi connectivity index (χ0n) is 16.6. The van der Waals surface area contributed by atoms with Gasteiger partial charge in [0.05, 0.1) is 18.4 Å². The fraction of sp³-hybridized carbons (Fsp3) is 0.650. The van der Waals surface area contributed by atoms with Crippen LogP contribution >= 0.6 is 11.8 Å². The predicted octanol–water partition coefficient (Wildman–Crippen LogP) is 3.24. The molecule has 2 aromatic heterocycles. The number of aryl methyl sites for hydroxylation is 1. The number of nitrogens with zero attached hydrogens (tertiary/aromatic N) is 4. The van der Waals surface area contributed by atoms with Crippen LogP contribution in [0.15, 0.2) is 15.7 Å². The maximum Gasteiger partial charge on any atom is 0.277 e. The van der Waals surface area contributed by atoms with E-state index in [2.05, 4.69) is 26.6 Å². The van der Waals surface area contributed by atoms with Crippen LogP contribution in [0.25, 0.3) is 0 Å². The van der Waals surface area contributed by atoms with Crippen molar-refractivity contribution in [2.24, 2.45) is 0 Å². The van der Waals surface area contributed by atoms with E-state index in [1.165, 1.54) is 24.6 Å². The van der Waals surface area contributed by atoms with E-state index in [9.17, 15) is 4.79 Å². The Morgan fingerprint density at radius 1 is 1.25 bits per heavy atom. The summed E-state index contributed by atoms with van der Waals surface area (Å²) in [5, 5.41) is 8.67. The number of likely N-dealkylation sites (tertiary alicyclic amines) is 1. The summed E-state index contributed by atoms with van der Waals surface area (Å²) >= 11 is 1.32. The summed E-state index contributed by atoms with van der Waals surface area (Å²) in [5.41, 5.74) is 2.89. The Labute approximate surface area is 169 Å². The average molecular weight is 405 g/mol. The second kappa shape index (κ2) is 8.80. The van der Waals surface area contributed by atoms with E-state index in [0.717, 1.165) is 56.0 Å². The standard InChI is InChI=1S/C20H28N4O3S/c1-14-10-17(15(2)24(14)11-16-6-5-9-26-16)18(25)13-28-20-22-21-19(27-20)12-23-7-3-4-8-23/h10,16H,3-9,11-13H2,1-2H3. The highest BCUT2D eigenvalue weighted by Crippen LogP contribution is 2.24. The van der Waals surface area contributed by atoms with Crippen LogP contribution in [0.5, 0.6) is 0 Å². The van der Waals surface area contributed by atoms with Gasteiger partial charge in [0.25, 0.3) is 5.22 Å². The molecule has 0 amide bonds. The van der Waals surface area contributed by atoms with Crippen LogP contribution in [0, 0.1) is 13.8 Å². The normalized spacial score (nSPS) is 20.3. The topological polar surface area (TPSA) is 73.4 Å². The summed E-state index contributed by atoms with van der Waals surface area (Å²) in [6.45, 7) is 8.61. The molecule has 2 aromatic rings. The minimum Gasteiger partial charge on any atom is -0.415 e. The number of thioether (sulfide) groups is 1. The van der Waals surface area contributed by atoms with E-state index in [0.29, 0.717) is 23.4 Å². The average Bonchev–Trinajstić information content (AvgIpc) is 3.47. The SMILES string of the molecule is Cc1cc(C(=O)CSc2nnc(CN3CCCC3)o2)c(C)n1CC1CCCO1. The number of ether oxygens (including phenoxy) is 1. The fourth-order valence-electron chi connectivity index (χ4n) is 4.05. The molecule has 1 unspecified atom stereocenters. The number of rotatable bonds is 8. The lowest BCUT2D eigenvalue weighted by atomic mass is 10.2. The van der Waals surface area contributed by atoms with E-state index < -0.39 is 0 Å². The molecule has 0 aliphatic carbocycles. The van der Waals surface area contributed by atoms with Gasteiger partial charge in [0.15, 0.2) is 5.78 Å².